The zero-order valence-electron chi connectivity index (χ0n) is 11.0. The molecule has 100 valence electrons. The maximum Gasteiger partial charge on any atom is 0.0850 e. The smallest absolute Gasteiger partial charge is 0.0850 e. The monoisotopic (exact) mass is 250 g/mol. The van der Waals surface area contributed by atoms with Crippen molar-refractivity contribution in [3.05, 3.63) is 18.0 Å². The summed E-state index contributed by atoms with van der Waals surface area (Å²) >= 11 is 0. The van der Waals surface area contributed by atoms with Gasteiger partial charge in [0.25, 0.3) is 0 Å². The lowest BCUT2D eigenvalue weighted by Crippen LogP contribution is -2.46. The van der Waals surface area contributed by atoms with Crippen LogP contribution in [0.25, 0.3) is 0 Å². The predicted octanol–water partition coefficient (Wildman–Crippen LogP) is 2.29. The van der Waals surface area contributed by atoms with Gasteiger partial charge in [-0.3, -0.25) is 4.68 Å². The minimum atomic E-state index is -0.383. The molecule has 3 rings (SSSR count). The standard InChI is InChI=1S/C14H22N2O2/c1-2-16-10-12(9-15-16)13(17)11-4-7-18-14(8-11)5-3-6-14/h9-11,13,17H,2-8H2,1H3. The second-order valence-electron chi connectivity index (χ2n) is 5.71. The molecule has 0 bridgehead atoms. The molecule has 1 aromatic rings. The number of hydrogen-bond acceptors (Lipinski definition) is 3. The molecule has 1 aliphatic carbocycles. The van der Waals surface area contributed by atoms with E-state index in [0.717, 1.165) is 31.6 Å². The maximum atomic E-state index is 10.5. The summed E-state index contributed by atoms with van der Waals surface area (Å²) < 4.78 is 7.78. The van der Waals surface area contributed by atoms with Gasteiger partial charge in [-0.15, -0.1) is 0 Å². The third-order valence-corrected chi connectivity index (χ3v) is 4.56. The molecule has 2 heterocycles. The fourth-order valence-corrected chi connectivity index (χ4v) is 3.23. The molecule has 0 aromatic carbocycles. The number of rotatable bonds is 3. The van der Waals surface area contributed by atoms with E-state index >= 15 is 0 Å². The van der Waals surface area contributed by atoms with Gasteiger partial charge in [-0.2, -0.15) is 5.10 Å². The van der Waals surface area contributed by atoms with Crippen molar-refractivity contribution in [2.75, 3.05) is 6.61 Å². The lowest BCUT2D eigenvalue weighted by Gasteiger charge is -2.48. The highest BCUT2D eigenvalue weighted by atomic mass is 16.5. The van der Waals surface area contributed by atoms with Gasteiger partial charge < -0.3 is 9.84 Å². The zero-order valence-corrected chi connectivity index (χ0v) is 11.0. The van der Waals surface area contributed by atoms with Gasteiger partial charge in [0.2, 0.25) is 0 Å². The van der Waals surface area contributed by atoms with Crippen molar-refractivity contribution in [1.82, 2.24) is 9.78 Å². The summed E-state index contributed by atoms with van der Waals surface area (Å²) in [6.45, 7) is 3.70. The van der Waals surface area contributed by atoms with E-state index in [2.05, 4.69) is 12.0 Å². The van der Waals surface area contributed by atoms with Crippen molar-refractivity contribution in [3.63, 3.8) is 0 Å². The molecule has 1 aromatic heterocycles. The molecule has 2 atom stereocenters. The van der Waals surface area contributed by atoms with Gasteiger partial charge in [-0.05, 0) is 44.9 Å². The molecule has 2 fully saturated rings. The van der Waals surface area contributed by atoms with Crippen LogP contribution < -0.4 is 0 Å². The molecule has 1 aliphatic heterocycles. The number of aliphatic hydroxyl groups excluding tert-OH is 1. The molecule has 1 spiro atoms. The first kappa shape index (κ1) is 12.2. The van der Waals surface area contributed by atoms with E-state index in [1.807, 2.05) is 10.9 Å². The highest BCUT2D eigenvalue weighted by Gasteiger charge is 2.44. The Labute approximate surface area is 108 Å². The maximum absolute atomic E-state index is 10.5. The molecule has 0 amide bonds. The van der Waals surface area contributed by atoms with Crippen LogP contribution in [0.2, 0.25) is 0 Å². The van der Waals surface area contributed by atoms with Gasteiger partial charge in [0, 0.05) is 24.9 Å². The molecule has 4 nitrogen and oxygen atoms in total. The Bertz CT molecular complexity index is 412. The van der Waals surface area contributed by atoms with Crippen LogP contribution in [0.15, 0.2) is 12.4 Å². The van der Waals surface area contributed by atoms with Gasteiger partial charge in [0.15, 0.2) is 0 Å². The van der Waals surface area contributed by atoms with Crippen molar-refractivity contribution >= 4 is 0 Å². The number of hydrogen-bond donors (Lipinski definition) is 1. The fraction of sp³-hybridized carbons (Fsp3) is 0.786. The van der Waals surface area contributed by atoms with Crippen LogP contribution in [0.4, 0.5) is 0 Å². The summed E-state index contributed by atoms with van der Waals surface area (Å²) in [5.41, 5.74) is 1.06. The topological polar surface area (TPSA) is 47.3 Å². The van der Waals surface area contributed by atoms with Gasteiger partial charge in [0.05, 0.1) is 17.9 Å². The van der Waals surface area contributed by atoms with E-state index in [1.165, 1.54) is 19.3 Å². The van der Waals surface area contributed by atoms with E-state index in [0.29, 0.717) is 5.92 Å². The summed E-state index contributed by atoms with van der Waals surface area (Å²) in [6, 6.07) is 0. The van der Waals surface area contributed by atoms with Crippen LogP contribution in [0.1, 0.15) is 50.7 Å². The van der Waals surface area contributed by atoms with Crippen molar-refractivity contribution in [1.29, 1.82) is 0 Å². The van der Waals surface area contributed by atoms with Crippen LogP contribution in [-0.4, -0.2) is 27.1 Å². The molecule has 0 radical (unpaired) electrons. The molecule has 18 heavy (non-hydrogen) atoms. The Hall–Kier alpha value is -0.870. The number of ether oxygens (including phenoxy) is 1. The minimum absolute atomic E-state index is 0.102. The molecule has 1 N–H and O–H groups in total. The summed E-state index contributed by atoms with van der Waals surface area (Å²) in [5, 5.41) is 14.7. The molecule has 1 saturated carbocycles. The first-order valence-corrected chi connectivity index (χ1v) is 7.07. The highest BCUT2D eigenvalue weighted by Crippen LogP contribution is 2.47. The Balaban J connectivity index is 1.69. The predicted molar refractivity (Wildman–Crippen MR) is 68.1 cm³/mol. The van der Waals surface area contributed by atoms with Crippen LogP contribution in [0.5, 0.6) is 0 Å². The van der Waals surface area contributed by atoms with E-state index < -0.39 is 0 Å². The van der Waals surface area contributed by atoms with Crippen LogP contribution in [0.3, 0.4) is 0 Å². The van der Waals surface area contributed by atoms with E-state index in [1.54, 1.807) is 6.20 Å². The van der Waals surface area contributed by atoms with Gasteiger partial charge in [0.1, 0.15) is 0 Å². The van der Waals surface area contributed by atoms with Crippen LogP contribution in [0, 0.1) is 5.92 Å². The fourth-order valence-electron chi connectivity index (χ4n) is 3.23. The Morgan fingerprint density at radius 3 is 3.06 bits per heavy atom. The molecule has 2 unspecified atom stereocenters. The average Bonchev–Trinajstić information content (AvgIpc) is 2.85. The Morgan fingerprint density at radius 1 is 1.61 bits per heavy atom. The summed E-state index contributed by atoms with van der Waals surface area (Å²) in [7, 11) is 0. The first-order chi connectivity index (χ1) is 8.72. The van der Waals surface area contributed by atoms with Crippen molar-refractivity contribution in [2.24, 2.45) is 5.92 Å². The second kappa shape index (κ2) is 4.67. The summed E-state index contributed by atoms with van der Waals surface area (Å²) in [5.74, 6) is 0.327. The van der Waals surface area contributed by atoms with Gasteiger partial charge in [-0.1, -0.05) is 0 Å². The Kier molecular flexibility index (Phi) is 3.16. The second-order valence-corrected chi connectivity index (χ2v) is 5.71. The molecular weight excluding hydrogens is 228 g/mol. The number of nitrogens with zero attached hydrogens (tertiary/aromatic N) is 2. The molecule has 4 heteroatoms. The molecule has 2 aliphatic rings. The average molecular weight is 250 g/mol. The van der Waals surface area contributed by atoms with Gasteiger partial charge >= 0.3 is 0 Å². The third-order valence-electron chi connectivity index (χ3n) is 4.56. The minimum Gasteiger partial charge on any atom is -0.388 e. The SMILES string of the molecule is CCn1cc(C(O)C2CCOC3(CCC3)C2)cn1. The van der Waals surface area contributed by atoms with E-state index in [4.69, 9.17) is 4.74 Å². The zero-order chi connectivity index (χ0) is 12.6. The quantitative estimate of drug-likeness (QED) is 0.895. The van der Waals surface area contributed by atoms with Crippen molar-refractivity contribution in [2.45, 2.75) is 57.3 Å². The highest BCUT2D eigenvalue weighted by molar-refractivity contribution is 5.10. The largest absolute Gasteiger partial charge is 0.388 e. The van der Waals surface area contributed by atoms with Crippen molar-refractivity contribution in [3.8, 4) is 0 Å². The third kappa shape index (κ3) is 2.08. The Morgan fingerprint density at radius 2 is 2.44 bits per heavy atom. The lowest BCUT2D eigenvalue weighted by molar-refractivity contribution is -0.157. The normalized spacial score (nSPS) is 28.0. The summed E-state index contributed by atoms with van der Waals surface area (Å²) in [6.07, 6.45) is 8.97. The number of aromatic nitrogens is 2. The van der Waals surface area contributed by atoms with Crippen LogP contribution >= 0.6 is 0 Å². The molecule has 1 saturated heterocycles. The first-order valence-electron chi connectivity index (χ1n) is 7.07. The lowest BCUT2D eigenvalue weighted by atomic mass is 9.70. The van der Waals surface area contributed by atoms with Gasteiger partial charge in [-0.25, -0.2) is 0 Å². The van der Waals surface area contributed by atoms with Crippen molar-refractivity contribution < 1.29 is 9.84 Å². The van der Waals surface area contributed by atoms with Crippen LogP contribution in [-0.2, 0) is 11.3 Å². The molecular formula is C14H22N2O2. The summed E-state index contributed by atoms with van der Waals surface area (Å²) in [4.78, 5) is 0. The van der Waals surface area contributed by atoms with E-state index in [-0.39, 0.29) is 11.7 Å². The van der Waals surface area contributed by atoms with E-state index in [9.17, 15) is 5.11 Å². The number of aliphatic hydroxyl groups is 1. The number of aryl methyl sites for hydroxylation is 1.